The zero-order chi connectivity index (χ0) is 15.2. The van der Waals surface area contributed by atoms with Crippen molar-refractivity contribution in [1.29, 1.82) is 0 Å². The molecule has 0 radical (unpaired) electrons. The predicted octanol–water partition coefficient (Wildman–Crippen LogP) is 2.47. The minimum absolute atomic E-state index is 0.151. The molecule has 1 amide bonds. The summed E-state index contributed by atoms with van der Waals surface area (Å²) in [5.41, 5.74) is 1.20. The third-order valence-corrected chi connectivity index (χ3v) is 2.73. The van der Waals surface area contributed by atoms with E-state index in [1.165, 1.54) is 18.2 Å². The van der Waals surface area contributed by atoms with E-state index in [2.05, 4.69) is 5.32 Å². The first-order valence-electron chi connectivity index (χ1n) is 6.36. The zero-order valence-corrected chi connectivity index (χ0v) is 11.4. The summed E-state index contributed by atoms with van der Waals surface area (Å²) < 4.78 is 18.0. The van der Waals surface area contributed by atoms with Gasteiger partial charge in [-0.3, -0.25) is 4.79 Å². The molecule has 1 N–H and O–H groups in total. The summed E-state index contributed by atoms with van der Waals surface area (Å²) in [6.45, 7) is 1.63. The predicted molar refractivity (Wildman–Crippen MR) is 75.5 cm³/mol. The highest BCUT2D eigenvalue weighted by Crippen LogP contribution is 2.11. The fourth-order valence-corrected chi connectivity index (χ4v) is 1.66. The first kappa shape index (κ1) is 14.7. The first-order valence-corrected chi connectivity index (χ1v) is 6.36. The standard InChI is InChI=1S/C16H14FNO3/c1-11-5-7-14(8-6-11)21-15(19)10-18-16(20)12-3-2-4-13(17)9-12/h2-9H,10H2,1H3,(H,18,20). The lowest BCUT2D eigenvalue weighted by Crippen LogP contribution is -2.31. The van der Waals surface area contributed by atoms with Crippen molar-refractivity contribution in [2.75, 3.05) is 6.54 Å². The summed E-state index contributed by atoms with van der Waals surface area (Å²) in [4.78, 5) is 23.3. The summed E-state index contributed by atoms with van der Waals surface area (Å²) in [6.07, 6.45) is 0. The number of ether oxygens (including phenoxy) is 1. The third-order valence-electron chi connectivity index (χ3n) is 2.73. The molecular formula is C16H14FNO3. The Balaban J connectivity index is 1.86. The normalized spacial score (nSPS) is 10.0. The zero-order valence-electron chi connectivity index (χ0n) is 11.4. The summed E-state index contributed by atoms with van der Waals surface area (Å²) >= 11 is 0. The average Bonchev–Trinajstić information content (AvgIpc) is 2.47. The minimum atomic E-state index is -0.594. The molecule has 0 atom stereocenters. The van der Waals surface area contributed by atoms with Gasteiger partial charge in [-0.1, -0.05) is 23.8 Å². The number of carbonyl (C=O) groups excluding carboxylic acids is 2. The number of hydrogen-bond donors (Lipinski definition) is 1. The van der Waals surface area contributed by atoms with Crippen molar-refractivity contribution in [3.63, 3.8) is 0 Å². The third kappa shape index (κ3) is 4.42. The molecule has 0 heterocycles. The van der Waals surface area contributed by atoms with Crippen molar-refractivity contribution < 1.29 is 18.7 Å². The fourth-order valence-electron chi connectivity index (χ4n) is 1.66. The van der Waals surface area contributed by atoms with Crippen LogP contribution >= 0.6 is 0 Å². The number of esters is 1. The lowest BCUT2D eigenvalue weighted by molar-refractivity contribution is -0.133. The Labute approximate surface area is 121 Å². The Hall–Kier alpha value is -2.69. The SMILES string of the molecule is Cc1ccc(OC(=O)CNC(=O)c2cccc(F)c2)cc1. The van der Waals surface area contributed by atoms with Gasteiger partial charge in [0.15, 0.2) is 0 Å². The summed E-state index contributed by atoms with van der Waals surface area (Å²) in [5, 5.41) is 2.38. The molecule has 0 aliphatic heterocycles. The number of aryl methyl sites for hydroxylation is 1. The van der Waals surface area contributed by atoms with Crippen LogP contribution in [-0.2, 0) is 4.79 Å². The van der Waals surface area contributed by atoms with E-state index in [-0.39, 0.29) is 12.1 Å². The van der Waals surface area contributed by atoms with Crippen molar-refractivity contribution in [2.45, 2.75) is 6.92 Å². The maximum Gasteiger partial charge on any atom is 0.330 e. The molecule has 21 heavy (non-hydrogen) atoms. The van der Waals surface area contributed by atoms with E-state index in [4.69, 9.17) is 4.74 Å². The van der Waals surface area contributed by atoms with Gasteiger partial charge in [0.25, 0.3) is 5.91 Å². The number of rotatable bonds is 4. The van der Waals surface area contributed by atoms with Crippen molar-refractivity contribution in [2.24, 2.45) is 0 Å². The lowest BCUT2D eigenvalue weighted by Gasteiger charge is -2.06. The Morgan fingerprint density at radius 1 is 1.14 bits per heavy atom. The average molecular weight is 287 g/mol. The molecule has 108 valence electrons. The van der Waals surface area contributed by atoms with E-state index in [0.29, 0.717) is 5.75 Å². The van der Waals surface area contributed by atoms with Gasteiger partial charge in [-0.25, -0.2) is 9.18 Å². The Kier molecular flexibility index (Phi) is 4.66. The number of halogens is 1. The van der Waals surface area contributed by atoms with Gasteiger partial charge < -0.3 is 10.1 Å². The smallest absolute Gasteiger partial charge is 0.330 e. The van der Waals surface area contributed by atoms with Crippen molar-refractivity contribution in [1.82, 2.24) is 5.32 Å². The molecule has 0 aliphatic rings. The summed E-state index contributed by atoms with van der Waals surface area (Å²) in [6, 6.07) is 12.2. The number of carbonyl (C=O) groups is 2. The second kappa shape index (κ2) is 6.65. The van der Waals surface area contributed by atoms with E-state index >= 15 is 0 Å². The molecule has 0 saturated heterocycles. The molecule has 0 spiro atoms. The van der Waals surface area contributed by atoms with Crippen LogP contribution in [0.1, 0.15) is 15.9 Å². The molecule has 0 saturated carbocycles. The van der Waals surface area contributed by atoms with Crippen LogP contribution in [0, 0.1) is 12.7 Å². The van der Waals surface area contributed by atoms with Gasteiger partial charge in [0, 0.05) is 5.56 Å². The molecule has 0 aliphatic carbocycles. The summed E-state index contributed by atoms with van der Waals surface area (Å²) in [7, 11) is 0. The molecule has 5 heteroatoms. The molecule has 0 unspecified atom stereocenters. The molecule has 4 nitrogen and oxygen atoms in total. The van der Waals surface area contributed by atoms with Crippen LogP contribution in [0.5, 0.6) is 5.75 Å². The largest absolute Gasteiger partial charge is 0.425 e. The number of benzene rings is 2. The van der Waals surface area contributed by atoms with Crippen LogP contribution in [0.4, 0.5) is 4.39 Å². The molecule has 2 rings (SSSR count). The van der Waals surface area contributed by atoms with Crippen molar-refractivity contribution in [3.05, 3.63) is 65.5 Å². The fraction of sp³-hybridized carbons (Fsp3) is 0.125. The van der Waals surface area contributed by atoms with Gasteiger partial charge in [-0.15, -0.1) is 0 Å². The summed E-state index contributed by atoms with van der Waals surface area (Å²) in [5.74, 6) is -1.23. The Bertz CT molecular complexity index is 653. The molecule has 2 aromatic rings. The molecule has 0 aromatic heterocycles. The molecular weight excluding hydrogens is 273 g/mol. The van der Waals surface area contributed by atoms with Crippen LogP contribution in [-0.4, -0.2) is 18.4 Å². The first-order chi connectivity index (χ1) is 10.0. The molecule has 0 fully saturated rings. The van der Waals surface area contributed by atoms with Gasteiger partial charge in [0.05, 0.1) is 0 Å². The van der Waals surface area contributed by atoms with E-state index in [9.17, 15) is 14.0 Å². The van der Waals surface area contributed by atoms with Crippen molar-refractivity contribution >= 4 is 11.9 Å². The molecule has 0 bridgehead atoms. The number of hydrogen-bond acceptors (Lipinski definition) is 3. The maximum absolute atomic E-state index is 13.0. The highest BCUT2D eigenvalue weighted by molar-refractivity contribution is 5.96. The maximum atomic E-state index is 13.0. The van der Waals surface area contributed by atoms with E-state index < -0.39 is 17.7 Å². The van der Waals surface area contributed by atoms with E-state index in [1.54, 1.807) is 12.1 Å². The van der Waals surface area contributed by atoms with E-state index in [0.717, 1.165) is 11.6 Å². The second-order valence-electron chi connectivity index (χ2n) is 4.48. The van der Waals surface area contributed by atoms with Gasteiger partial charge in [-0.2, -0.15) is 0 Å². The van der Waals surface area contributed by atoms with Crippen LogP contribution in [0.25, 0.3) is 0 Å². The van der Waals surface area contributed by atoms with Crippen molar-refractivity contribution in [3.8, 4) is 5.75 Å². The topological polar surface area (TPSA) is 55.4 Å². The highest BCUT2D eigenvalue weighted by atomic mass is 19.1. The van der Waals surface area contributed by atoms with E-state index in [1.807, 2.05) is 19.1 Å². The minimum Gasteiger partial charge on any atom is -0.425 e. The van der Waals surface area contributed by atoms with Gasteiger partial charge in [-0.05, 0) is 37.3 Å². The van der Waals surface area contributed by atoms with Crippen LogP contribution in [0.3, 0.4) is 0 Å². The monoisotopic (exact) mass is 287 g/mol. The van der Waals surface area contributed by atoms with Gasteiger partial charge >= 0.3 is 5.97 Å². The van der Waals surface area contributed by atoms with Gasteiger partial charge in [0.2, 0.25) is 0 Å². The van der Waals surface area contributed by atoms with Crippen LogP contribution < -0.4 is 10.1 Å². The highest BCUT2D eigenvalue weighted by Gasteiger charge is 2.10. The van der Waals surface area contributed by atoms with Crippen LogP contribution in [0.2, 0.25) is 0 Å². The Morgan fingerprint density at radius 3 is 2.52 bits per heavy atom. The number of amides is 1. The molecule has 2 aromatic carbocycles. The van der Waals surface area contributed by atoms with Gasteiger partial charge in [0.1, 0.15) is 18.1 Å². The lowest BCUT2D eigenvalue weighted by atomic mass is 10.2. The second-order valence-corrected chi connectivity index (χ2v) is 4.48. The Morgan fingerprint density at radius 2 is 1.86 bits per heavy atom. The van der Waals surface area contributed by atoms with Crippen LogP contribution in [0.15, 0.2) is 48.5 Å². The quantitative estimate of drug-likeness (QED) is 0.694. The number of nitrogens with one attached hydrogen (secondary N) is 1.